The number of hydrogen-bond donors (Lipinski definition) is 3. The van der Waals surface area contributed by atoms with Gasteiger partial charge in [0.2, 0.25) is 5.91 Å². The van der Waals surface area contributed by atoms with Gasteiger partial charge >= 0.3 is 0 Å². The maximum Gasteiger partial charge on any atom is 0.224 e. The number of fused-ring (bicyclic) bond motifs is 1. The van der Waals surface area contributed by atoms with Crippen LogP contribution in [0.15, 0.2) is 24.3 Å². The molecule has 0 aliphatic carbocycles. The van der Waals surface area contributed by atoms with E-state index in [-0.39, 0.29) is 23.2 Å². The molecule has 9 heteroatoms. The van der Waals surface area contributed by atoms with E-state index in [4.69, 9.17) is 23.2 Å². The van der Waals surface area contributed by atoms with Gasteiger partial charge in [-0.25, -0.2) is 8.78 Å². The van der Waals surface area contributed by atoms with Crippen LogP contribution in [0.5, 0.6) is 0 Å². The highest BCUT2D eigenvalue weighted by Gasteiger charge is 2.34. The summed E-state index contributed by atoms with van der Waals surface area (Å²) in [6, 6.07) is 5.71. The van der Waals surface area contributed by atoms with Crippen molar-refractivity contribution < 1.29 is 18.7 Å². The standard InChI is InChI=1S/C21H21Cl2F2N3O2/c22-12-9-15(24)20(16(25)10-12)28-7-5-21(30,6-8-28)11-26-17-3-2-14(23)19-13(17)1-4-18(29)27-19/h2-3,9-10,26,30H,1,4-8,11H2,(H,27,29). The molecule has 2 aliphatic heterocycles. The largest absolute Gasteiger partial charge is 0.388 e. The maximum absolute atomic E-state index is 14.2. The van der Waals surface area contributed by atoms with Crippen LogP contribution in [0, 0.1) is 11.6 Å². The fourth-order valence-corrected chi connectivity index (χ4v) is 4.46. The van der Waals surface area contributed by atoms with Gasteiger partial charge in [-0.2, -0.15) is 0 Å². The number of nitrogens with zero attached hydrogens (tertiary/aromatic N) is 1. The Balaban J connectivity index is 1.43. The Bertz CT molecular complexity index is 971. The zero-order valence-electron chi connectivity index (χ0n) is 16.1. The summed E-state index contributed by atoms with van der Waals surface area (Å²) in [6.07, 6.45) is 1.62. The second kappa shape index (κ2) is 8.21. The molecule has 3 N–H and O–H groups in total. The highest BCUT2D eigenvalue weighted by molar-refractivity contribution is 6.34. The van der Waals surface area contributed by atoms with Gasteiger partial charge in [-0.15, -0.1) is 0 Å². The minimum Gasteiger partial charge on any atom is -0.388 e. The van der Waals surface area contributed by atoms with Gasteiger partial charge in [-0.1, -0.05) is 23.2 Å². The van der Waals surface area contributed by atoms with Crippen LogP contribution >= 0.6 is 23.2 Å². The van der Waals surface area contributed by atoms with Gasteiger partial charge in [0, 0.05) is 42.3 Å². The van der Waals surface area contributed by atoms with Gasteiger partial charge in [0.25, 0.3) is 0 Å². The minimum atomic E-state index is -1.03. The fourth-order valence-electron chi connectivity index (χ4n) is 4.04. The number of nitrogens with one attached hydrogen (secondary N) is 2. The Morgan fingerprint density at radius 3 is 2.47 bits per heavy atom. The third kappa shape index (κ3) is 4.19. The molecule has 4 rings (SSSR count). The van der Waals surface area contributed by atoms with Gasteiger partial charge in [0.1, 0.15) is 5.69 Å². The van der Waals surface area contributed by atoms with Crippen molar-refractivity contribution in [3.63, 3.8) is 0 Å². The third-order valence-electron chi connectivity index (χ3n) is 5.73. The summed E-state index contributed by atoms with van der Waals surface area (Å²) in [4.78, 5) is 13.3. The van der Waals surface area contributed by atoms with E-state index in [1.165, 1.54) is 0 Å². The number of carbonyl (C=O) groups is 1. The number of hydrogen-bond acceptors (Lipinski definition) is 4. The molecule has 2 heterocycles. The normalized spacial score (nSPS) is 18.0. The maximum atomic E-state index is 14.2. The van der Waals surface area contributed by atoms with Crippen LogP contribution in [0.1, 0.15) is 24.8 Å². The topological polar surface area (TPSA) is 64.6 Å². The lowest BCUT2D eigenvalue weighted by Crippen LogP contribution is -2.48. The van der Waals surface area contributed by atoms with Crippen LogP contribution in [-0.2, 0) is 11.2 Å². The predicted octanol–water partition coefficient (Wildman–Crippen LogP) is 4.60. The Morgan fingerprint density at radius 2 is 1.80 bits per heavy atom. The van der Waals surface area contributed by atoms with E-state index in [2.05, 4.69) is 10.6 Å². The van der Waals surface area contributed by atoms with Gasteiger partial charge < -0.3 is 20.6 Å². The van der Waals surface area contributed by atoms with Gasteiger partial charge in [0.05, 0.1) is 16.3 Å². The van der Waals surface area contributed by atoms with Crippen molar-refractivity contribution in [2.45, 2.75) is 31.3 Å². The Hall–Kier alpha value is -2.09. The molecule has 1 fully saturated rings. The molecule has 5 nitrogen and oxygen atoms in total. The lowest BCUT2D eigenvalue weighted by Gasteiger charge is -2.40. The van der Waals surface area contributed by atoms with E-state index >= 15 is 0 Å². The molecule has 0 atom stereocenters. The van der Waals surface area contributed by atoms with Crippen molar-refractivity contribution in [3.8, 4) is 0 Å². The summed E-state index contributed by atoms with van der Waals surface area (Å²) in [7, 11) is 0. The zero-order chi connectivity index (χ0) is 21.5. The second-order valence-electron chi connectivity index (χ2n) is 7.78. The van der Waals surface area contributed by atoms with Crippen LogP contribution in [0.3, 0.4) is 0 Å². The molecule has 2 aromatic rings. The molecule has 0 spiro atoms. The Morgan fingerprint density at radius 1 is 1.13 bits per heavy atom. The second-order valence-corrected chi connectivity index (χ2v) is 8.62. The van der Waals surface area contributed by atoms with E-state index in [1.807, 2.05) is 6.07 Å². The summed E-state index contributed by atoms with van der Waals surface area (Å²) < 4.78 is 28.4. The van der Waals surface area contributed by atoms with Crippen molar-refractivity contribution >= 4 is 46.2 Å². The van der Waals surface area contributed by atoms with Crippen LogP contribution < -0.4 is 15.5 Å². The SMILES string of the molecule is O=C1CCc2c(NCC3(O)CCN(c4c(F)cc(Cl)cc4F)CC3)ccc(Cl)c2N1. The Labute approximate surface area is 183 Å². The predicted molar refractivity (Wildman–Crippen MR) is 115 cm³/mol. The average molecular weight is 456 g/mol. The number of piperidine rings is 1. The number of halogens is 4. The first kappa shape index (κ1) is 21.2. The summed E-state index contributed by atoms with van der Waals surface area (Å²) in [5, 5.41) is 17.5. The number of amides is 1. The molecular formula is C21H21Cl2F2N3O2. The lowest BCUT2D eigenvalue weighted by atomic mass is 9.90. The molecule has 1 saturated heterocycles. The first-order valence-corrected chi connectivity index (χ1v) is 10.5. The number of rotatable bonds is 4. The van der Waals surface area contributed by atoms with Gasteiger partial charge in [0.15, 0.2) is 11.6 Å². The molecule has 160 valence electrons. The van der Waals surface area contributed by atoms with Crippen LogP contribution in [0.25, 0.3) is 0 Å². The van der Waals surface area contributed by atoms with Crippen LogP contribution in [0.2, 0.25) is 10.0 Å². The average Bonchev–Trinajstić information content (AvgIpc) is 2.69. The van der Waals surface area contributed by atoms with Crippen molar-refractivity contribution in [1.29, 1.82) is 0 Å². The van der Waals surface area contributed by atoms with Crippen molar-refractivity contribution in [2.75, 3.05) is 35.2 Å². The molecule has 0 saturated carbocycles. The Kier molecular flexibility index (Phi) is 5.79. The minimum absolute atomic E-state index is 0.00829. The van der Waals surface area contributed by atoms with Crippen LogP contribution in [0.4, 0.5) is 25.8 Å². The summed E-state index contributed by atoms with van der Waals surface area (Å²) in [5.74, 6) is -1.49. The number of anilines is 3. The lowest BCUT2D eigenvalue weighted by molar-refractivity contribution is -0.116. The van der Waals surface area contributed by atoms with E-state index < -0.39 is 17.2 Å². The van der Waals surface area contributed by atoms with Crippen molar-refractivity contribution in [1.82, 2.24) is 0 Å². The zero-order valence-corrected chi connectivity index (χ0v) is 17.6. The van der Waals surface area contributed by atoms with E-state index in [0.717, 1.165) is 23.4 Å². The van der Waals surface area contributed by atoms with Gasteiger partial charge in [-0.3, -0.25) is 4.79 Å². The molecule has 0 aromatic heterocycles. The smallest absolute Gasteiger partial charge is 0.224 e. The fraction of sp³-hybridized carbons (Fsp3) is 0.381. The quantitative estimate of drug-likeness (QED) is 0.630. The third-order valence-corrected chi connectivity index (χ3v) is 6.26. The molecule has 30 heavy (non-hydrogen) atoms. The first-order valence-electron chi connectivity index (χ1n) is 9.73. The van der Waals surface area contributed by atoms with Crippen LogP contribution in [-0.4, -0.2) is 36.2 Å². The number of carbonyl (C=O) groups excluding carboxylic acids is 1. The summed E-state index contributed by atoms with van der Waals surface area (Å²) in [5.41, 5.74) is 1.18. The molecule has 0 unspecified atom stereocenters. The highest BCUT2D eigenvalue weighted by Crippen LogP contribution is 2.37. The molecular weight excluding hydrogens is 435 g/mol. The van der Waals surface area contributed by atoms with Gasteiger partial charge in [-0.05, 0) is 43.5 Å². The molecule has 0 radical (unpaired) electrons. The van der Waals surface area contributed by atoms with E-state index in [9.17, 15) is 18.7 Å². The molecule has 0 bridgehead atoms. The van der Waals surface area contributed by atoms with Crippen molar-refractivity contribution in [2.24, 2.45) is 0 Å². The first-order chi connectivity index (χ1) is 14.3. The summed E-state index contributed by atoms with van der Waals surface area (Å²) in [6.45, 7) is 0.888. The van der Waals surface area contributed by atoms with E-state index in [0.29, 0.717) is 49.5 Å². The molecule has 1 amide bonds. The monoisotopic (exact) mass is 455 g/mol. The molecule has 2 aliphatic rings. The highest BCUT2D eigenvalue weighted by atomic mass is 35.5. The van der Waals surface area contributed by atoms with E-state index in [1.54, 1.807) is 11.0 Å². The number of aliphatic hydroxyl groups is 1. The van der Waals surface area contributed by atoms with Crippen molar-refractivity contribution in [3.05, 3.63) is 51.5 Å². The summed E-state index contributed by atoms with van der Waals surface area (Å²) >= 11 is 11.9. The number of benzene rings is 2. The molecule has 2 aromatic carbocycles.